The number of anilines is 1. The average molecular weight is 319 g/mol. The smallest absolute Gasteiger partial charge is 0.192 e. The van der Waals surface area contributed by atoms with Crippen molar-refractivity contribution < 1.29 is 4.43 Å². The molecule has 4 heteroatoms. The normalized spacial score (nSPS) is 21.5. The van der Waals surface area contributed by atoms with Crippen molar-refractivity contribution >= 4 is 20.2 Å². The molecule has 1 aliphatic heterocycles. The van der Waals surface area contributed by atoms with Gasteiger partial charge in [0.25, 0.3) is 0 Å². The van der Waals surface area contributed by atoms with Crippen LogP contribution in [0.3, 0.4) is 0 Å². The maximum absolute atomic E-state index is 6.41. The molecule has 0 fully saturated rings. The van der Waals surface area contributed by atoms with Crippen LogP contribution in [0.2, 0.25) is 18.1 Å². The van der Waals surface area contributed by atoms with Crippen LogP contribution in [0.25, 0.3) is 6.08 Å². The van der Waals surface area contributed by atoms with Crippen LogP contribution < -0.4 is 5.32 Å². The summed E-state index contributed by atoms with van der Waals surface area (Å²) in [6.07, 6.45) is 4.40. The van der Waals surface area contributed by atoms with Crippen LogP contribution in [0.5, 0.6) is 0 Å². The van der Waals surface area contributed by atoms with Crippen molar-refractivity contribution in [3.8, 4) is 0 Å². The van der Waals surface area contributed by atoms with E-state index in [1.165, 1.54) is 11.1 Å². The number of aromatic nitrogens is 1. The lowest BCUT2D eigenvalue weighted by molar-refractivity contribution is 0.248. The topological polar surface area (TPSA) is 34.2 Å². The van der Waals surface area contributed by atoms with E-state index < -0.39 is 8.32 Å². The van der Waals surface area contributed by atoms with Gasteiger partial charge in [-0.05, 0) is 50.5 Å². The lowest BCUT2D eigenvalue weighted by atomic mass is 9.95. The fourth-order valence-electron chi connectivity index (χ4n) is 2.36. The summed E-state index contributed by atoms with van der Waals surface area (Å²) >= 11 is 0. The molecule has 1 aromatic heterocycles. The minimum atomic E-state index is -1.74. The predicted octanol–water partition coefficient (Wildman–Crippen LogP) is 4.92. The Labute approximate surface area is 136 Å². The standard InChI is InChI=1S/C18H30N2OSi/c1-13-11-14(2)19-16-15(13)9-10-18(6,20-16)12-21-22(7,8)17(3,4)5/h9-11H,12H2,1-8H3,(H,19,20). The molecule has 2 rings (SSSR count). The van der Waals surface area contributed by atoms with Gasteiger partial charge in [-0.3, -0.25) is 0 Å². The molecule has 1 aromatic rings. The third-order valence-corrected chi connectivity index (χ3v) is 9.43. The number of nitrogens with one attached hydrogen (secondary N) is 1. The van der Waals surface area contributed by atoms with Gasteiger partial charge in [0.2, 0.25) is 0 Å². The number of hydrogen-bond acceptors (Lipinski definition) is 3. The molecular weight excluding hydrogens is 288 g/mol. The fraction of sp³-hybridized carbons (Fsp3) is 0.611. The van der Waals surface area contributed by atoms with E-state index in [4.69, 9.17) is 4.43 Å². The van der Waals surface area contributed by atoms with Crippen molar-refractivity contribution in [2.45, 2.75) is 65.2 Å². The van der Waals surface area contributed by atoms with Gasteiger partial charge in [-0.2, -0.15) is 0 Å². The van der Waals surface area contributed by atoms with Gasteiger partial charge in [0.05, 0.1) is 12.1 Å². The van der Waals surface area contributed by atoms with Crippen molar-refractivity contribution in [2.75, 3.05) is 11.9 Å². The van der Waals surface area contributed by atoms with Crippen LogP contribution >= 0.6 is 0 Å². The van der Waals surface area contributed by atoms with E-state index in [9.17, 15) is 0 Å². The van der Waals surface area contributed by atoms with E-state index >= 15 is 0 Å². The summed E-state index contributed by atoms with van der Waals surface area (Å²) < 4.78 is 6.41. The first kappa shape index (κ1) is 17.2. The van der Waals surface area contributed by atoms with Gasteiger partial charge < -0.3 is 9.74 Å². The Bertz CT molecular complexity index is 602. The van der Waals surface area contributed by atoms with E-state index in [1.54, 1.807) is 0 Å². The molecule has 0 bridgehead atoms. The van der Waals surface area contributed by atoms with Crippen molar-refractivity contribution in [1.29, 1.82) is 0 Å². The summed E-state index contributed by atoms with van der Waals surface area (Å²) in [5, 5.41) is 3.81. The third kappa shape index (κ3) is 3.44. The Morgan fingerprint density at radius 3 is 2.50 bits per heavy atom. The summed E-state index contributed by atoms with van der Waals surface area (Å²) in [7, 11) is -1.74. The second kappa shape index (κ2) is 5.50. The maximum Gasteiger partial charge on any atom is 0.192 e. The van der Waals surface area contributed by atoms with Gasteiger partial charge >= 0.3 is 0 Å². The highest BCUT2D eigenvalue weighted by Crippen LogP contribution is 2.38. The minimum absolute atomic E-state index is 0.199. The molecule has 0 saturated heterocycles. The fourth-order valence-corrected chi connectivity index (χ4v) is 3.46. The van der Waals surface area contributed by atoms with Gasteiger partial charge in [-0.1, -0.05) is 32.9 Å². The van der Waals surface area contributed by atoms with Crippen LogP contribution in [0.15, 0.2) is 12.1 Å². The molecule has 0 spiro atoms. The van der Waals surface area contributed by atoms with Gasteiger partial charge in [0.15, 0.2) is 8.32 Å². The van der Waals surface area contributed by atoms with Crippen LogP contribution in [-0.2, 0) is 4.43 Å². The summed E-state index contributed by atoms with van der Waals surface area (Å²) in [6.45, 7) is 18.4. The number of rotatable bonds is 3. The van der Waals surface area contributed by atoms with Crippen molar-refractivity contribution in [1.82, 2.24) is 4.98 Å². The number of fused-ring (bicyclic) bond motifs is 1. The third-order valence-electron chi connectivity index (χ3n) is 4.95. The monoisotopic (exact) mass is 318 g/mol. The summed E-state index contributed by atoms with van der Waals surface area (Å²) in [5.74, 6) is 0.973. The van der Waals surface area contributed by atoms with Crippen LogP contribution in [-0.4, -0.2) is 25.4 Å². The first-order valence-electron chi connectivity index (χ1n) is 8.03. The molecule has 1 atom stereocenters. The molecule has 0 saturated carbocycles. The zero-order valence-electron chi connectivity index (χ0n) is 15.3. The Morgan fingerprint density at radius 2 is 1.91 bits per heavy atom. The van der Waals surface area contributed by atoms with E-state index in [-0.39, 0.29) is 10.6 Å². The lowest BCUT2D eigenvalue weighted by Crippen LogP contribution is -2.48. The van der Waals surface area contributed by atoms with E-state index in [0.29, 0.717) is 6.61 Å². The van der Waals surface area contributed by atoms with Gasteiger partial charge in [0.1, 0.15) is 5.82 Å². The molecule has 1 N–H and O–H groups in total. The maximum atomic E-state index is 6.41. The molecule has 1 unspecified atom stereocenters. The van der Waals surface area contributed by atoms with Gasteiger partial charge in [-0.15, -0.1) is 0 Å². The zero-order valence-corrected chi connectivity index (χ0v) is 16.3. The van der Waals surface area contributed by atoms with E-state index in [1.807, 2.05) is 6.92 Å². The number of pyridine rings is 1. The molecule has 0 aliphatic carbocycles. The molecular formula is C18H30N2OSi. The van der Waals surface area contributed by atoms with Crippen LogP contribution in [0.1, 0.15) is 44.5 Å². The predicted molar refractivity (Wildman–Crippen MR) is 97.9 cm³/mol. The van der Waals surface area contributed by atoms with Crippen molar-refractivity contribution in [2.24, 2.45) is 0 Å². The number of hydrogen-bond donors (Lipinski definition) is 1. The Balaban J connectivity index is 2.18. The second-order valence-electron chi connectivity index (χ2n) is 8.27. The quantitative estimate of drug-likeness (QED) is 0.803. The molecule has 22 heavy (non-hydrogen) atoms. The molecule has 0 radical (unpaired) electrons. The molecule has 1 aliphatic rings. The second-order valence-corrected chi connectivity index (χ2v) is 13.1. The Hall–Kier alpha value is -1.13. The van der Waals surface area contributed by atoms with Crippen molar-refractivity contribution in [3.05, 3.63) is 29.0 Å². The van der Waals surface area contributed by atoms with E-state index in [2.05, 4.69) is 76.2 Å². The molecule has 2 heterocycles. The van der Waals surface area contributed by atoms with Crippen LogP contribution in [0.4, 0.5) is 5.82 Å². The Morgan fingerprint density at radius 1 is 1.27 bits per heavy atom. The first-order valence-corrected chi connectivity index (χ1v) is 10.9. The Kier molecular flexibility index (Phi) is 4.30. The molecule has 0 aromatic carbocycles. The highest BCUT2D eigenvalue weighted by molar-refractivity contribution is 6.74. The molecule has 3 nitrogen and oxygen atoms in total. The van der Waals surface area contributed by atoms with E-state index in [0.717, 1.165) is 11.5 Å². The summed E-state index contributed by atoms with van der Waals surface area (Å²) in [5.41, 5.74) is 3.30. The summed E-state index contributed by atoms with van der Waals surface area (Å²) in [4.78, 5) is 4.66. The minimum Gasteiger partial charge on any atom is -0.414 e. The highest BCUT2D eigenvalue weighted by atomic mass is 28.4. The number of nitrogens with zero attached hydrogens (tertiary/aromatic N) is 1. The van der Waals surface area contributed by atoms with Crippen molar-refractivity contribution in [3.63, 3.8) is 0 Å². The SMILES string of the molecule is Cc1cc(C)c2c(n1)NC(C)(CO[Si](C)(C)C(C)(C)C)C=C2. The van der Waals surface area contributed by atoms with Gasteiger partial charge in [-0.25, -0.2) is 4.98 Å². The zero-order chi connectivity index (χ0) is 16.8. The molecule has 0 amide bonds. The first-order chi connectivity index (χ1) is 9.94. The highest BCUT2D eigenvalue weighted by Gasteiger charge is 2.39. The van der Waals surface area contributed by atoms with Gasteiger partial charge in [0, 0.05) is 11.3 Å². The largest absolute Gasteiger partial charge is 0.414 e. The summed E-state index contributed by atoms with van der Waals surface area (Å²) in [6, 6.07) is 2.12. The number of aryl methyl sites for hydroxylation is 2. The molecule has 122 valence electrons. The average Bonchev–Trinajstić information content (AvgIpc) is 2.34. The lowest BCUT2D eigenvalue weighted by Gasteiger charge is -2.40. The van der Waals surface area contributed by atoms with Crippen LogP contribution in [0, 0.1) is 13.8 Å².